The summed E-state index contributed by atoms with van der Waals surface area (Å²) in [5, 5.41) is 15.1. The van der Waals surface area contributed by atoms with Crippen molar-refractivity contribution in [2.45, 2.75) is 16.7 Å². The van der Waals surface area contributed by atoms with Crippen molar-refractivity contribution in [3.05, 3.63) is 60.3 Å². The molecule has 0 saturated carbocycles. The second-order valence-corrected chi connectivity index (χ2v) is 8.92. The predicted molar refractivity (Wildman–Crippen MR) is 115 cm³/mol. The number of likely N-dealkylation sites (N-methyl/N-ethyl adjacent to an activating group) is 1. The molecule has 0 fully saturated rings. The van der Waals surface area contributed by atoms with Crippen LogP contribution in [0.3, 0.4) is 0 Å². The fraction of sp³-hybridized carbons (Fsp3) is 0.238. The molecule has 1 unspecified atom stereocenters. The number of H-pyrrole nitrogens is 1. The van der Waals surface area contributed by atoms with Crippen LogP contribution >= 0.6 is 0 Å². The molecule has 3 aromatic rings. The number of sulfone groups is 1. The van der Waals surface area contributed by atoms with Crippen LogP contribution in [-0.2, 0) is 25.8 Å². The lowest BCUT2D eigenvalue weighted by molar-refractivity contribution is -0.159. The summed E-state index contributed by atoms with van der Waals surface area (Å²) in [6.45, 7) is 0. The molecule has 0 amide bonds. The van der Waals surface area contributed by atoms with Crippen molar-refractivity contribution in [3.8, 4) is 5.75 Å². The first-order valence-corrected chi connectivity index (χ1v) is 10.7. The van der Waals surface area contributed by atoms with E-state index in [1.807, 2.05) is 30.5 Å². The summed E-state index contributed by atoms with van der Waals surface area (Å²) in [6, 6.07) is 14.3. The number of aromatic amines is 1. The Balaban J connectivity index is 0.000000501. The number of hydrogen-bond donors (Lipinski definition) is 3. The van der Waals surface area contributed by atoms with Crippen LogP contribution in [0.5, 0.6) is 5.75 Å². The summed E-state index contributed by atoms with van der Waals surface area (Å²) in [5.41, 5.74) is 1.91. The molecule has 1 heterocycles. The molecule has 0 aliphatic rings. The van der Waals surface area contributed by atoms with E-state index >= 15 is 0 Å². The van der Waals surface area contributed by atoms with E-state index in [1.54, 1.807) is 50.4 Å². The number of benzene rings is 2. The van der Waals surface area contributed by atoms with Gasteiger partial charge in [0, 0.05) is 23.5 Å². The summed E-state index contributed by atoms with van der Waals surface area (Å²) in [5.74, 6) is -2.90. The number of carboxylic acid groups (broad SMARTS) is 2. The average Bonchev–Trinajstić information content (AvgIpc) is 3.14. The number of hydrogen-bond acceptors (Lipinski definition) is 6. The summed E-state index contributed by atoms with van der Waals surface area (Å²) in [7, 11) is 1.73. The van der Waals surface area contributed by atoms with E-state index in [9.17, 15) is 8.42 Å². The normalized spacial score (nSPS) is 12.1. The molecule has 3 rings (SSSR count). The molecule has 0 radical (unpaired) electrons. The van der Waals surface area contributed by atoms with Crippen LogP contribution in [0.15, 0.2) is 59.6 Å². The number of rotatable bonds is 6. The van der Waals surface area contributed by atoms with Gasteiger partial charge in [-0.1, -0.05) is 18.2 Å². The highest BCUT2D eigenvalue weighted by molar-refractivity contribution is 7.92. The minimum atomic E-state index is -3.48. The van der Waals surface area contributed by atoms with Gasteiger partial charge in [0.05, 0.1) is 12.0 Å². The van der Waals surface area contributed by atoms with Gasteiger partial charge in [0.2, 0.25) is 0 Å². The van der Waals surface area contributed by atoms with Crippen LogP contribution in [0.4, 0.5) is 0 Å². The third kappa shape index (κ3) is 5.83. The number of aliphatic carboxylic acids is 2. The molecule has 0 aliphatic carbocycles. The van der Waals surface area contributed by atoms with Crippen molar-refractivity contribution in [1.82, 2.24) is 9.88 Å². The largest absolute Gasteiger partial charge is 0.497 e. The second-order valence-electron chi connectivity index (χ2n) is 6.82. The molecular formula is C21H24N2O7S. The third-order valence-corrected chi connectivity index (χ3v) is 6.79. The molecule has 1 aromatic heterocycles. The summed E-state index contributed by atoms with van der Waals surface area (Å²) in [6.07, 6.45) is 2.26. The van der Waals surface area contributed by atoms with E-state index in [2.05, 4.69) is 4.98 Å². The quantitative estimate of drug-likeness (QED) is 0.488. The smallest absolute Gasteiger partial charge is 0.414 e. The van der Waals surface area contributed by atoms with E-state index in [0.29, 0.717) is 11.3 Å². The van der Waals surface area contributed by atoms with Crippen LogP contribution in [0.2, 0.25) is 0 Å². The van der Waals surface area contributed by atoms with Gasteiger partial charge in [-0.25, -0.2) is 18.0 Å². The maximum absolute atomic E-state index is 13.1. The van der Waals surface area contributed by atoms with Crippen LogP contribution in [0.25, 0.3) is 10.9 Å². The van der Waals surface area contributed by atoms with Crippen LogP contribution < -0.4 is 4.74 Å². The molecule has 166 valence electrons. The predicted octanol–water partition coefficient (Wildman–Crippen LogP) is 2.24. The molecule has 0 saturated heterocycles. The van der Waals surface area contributed by atoms with Crippen molar-refractivity contribution in [2.24, 2.45) is 0 Å². The second kappa shape index (κ2) is 10.1. The van der Waals surface area contributed by atoms with Crippen LogP contribution in [0.1, 0.15) is 5.56 Å². The third-order valence-electron chi connectivity index (χ3n) is 4.56. The standard InChI is InChI=1S/C19H22N2O3S.C2H2O4/c1-21(2)19(25(22,23)16-7-5-4-6-8-16)11-14-13-20-18-10-9-15(24-3)12-17(14)18;3-1(4)2(5)6/h4-10,12-13,19-20H,11H2,1-3H3;(H,3,4)(H,5,6). The van der Waals surface area contributed by atoms with Crippen molar-refractivity contribution >= 4 is 32.7 Å². The van der Waals surface area contributed by atoms with E-state index in [4.69, 9.17) is 24.5 Å². The zero-order chi connectivity index (χ0) is 23.2. The Labute approximate surface area is 179 Å². The first-order chi connectivity index (χ1) is 14.6. The molecule has 0 bridgehead atoms. The lowest BCUT2D eigenvalue weighted by atomic mass is 10.1. The number of carbonyl (C=O) groups is 2. The molecule has 9 nitrogen and oxygen atoms in total. The first kappa shape index (κ1) is 23.9. The van der Waals surface area contributed by atoms with E-state index in [1.165, 1.54) is 0 Å². The number of carboxylic acids is 2. The molecule has 31 heavy (non-hydrogen) atoms. The number of nitrogens with zero attached hydrogens (tertiary/aromatic N) is 1. The highest BCUT2D eigenvalue weighted by Crippen LogP contribution is 2.27. The topological polar surface area (TPSA) is 137 Å². The molecule has 0 aliphatic heterocycles. The maximum atomic E-state index is 13.1. The molecule has 2 aromatic carbocycles. The zero-order valence-corrected chi connectivity index (χ0v) is 18.1. The van der Waals surface area contributed by atoms with E-state index < -0.39 is 27.1 Å². The Morgan fingerprint density at radius 2 is 1.68 bits per heavy atom. The minimum absolute atomic E-state index is 0.339. The zero-order valence-electron chi connectivity index (χ0n) is 17.3. The highest BCUT2D eigenvalue weighted by atomic mass is 32.2. The van der Waals surface area contributed by atoms with Gasteiger partial charge in [-0.05, 0) is 50.0 Å². The first-order valence-electron chi connectivity index (χ1n) is 9.13. The fourth-order valence-electron chi connectivity index (χ4n) is 2.98. The van der Waals surface area contributed by atoms with Crippen LogP contribution in [0, 0.1) is 0 Å². The van der Waals surface area contributed by atoms with Gasteiger partial charge < -0.3 is 19.9 Å². The minimum Gasteiger partial charge on any atom is -0.497 e. The van der Waals surface area contributed by atoms with Gasteiger partial charge >= 0.3 is 11.9 Å². The average molecular weight is 448 g/mol. The summed E-state index contributed by atoms with van der Waals surface area (Å²) < 4.78 is 31.5. The monoisotopic (exact) mass is 448 g/mol. The maximum Gasteiger partial charge on any atom is 0.414 e. The number of methoxy groups -OCH3 is 1. The van der Waals surface area contributed by atoms with Gasteiger partial charge in [-0.3, -0.25) is 4.90 Å². The van der Waals surface area contributed by atoms with Crippen molar-refractivity contribution < 1.29 is 33.0 Å². The van der Waals surface area contributed by atoms with E-state index in [0.717, 1.165) is 22.2 Å². The summed E-state index contributed by atoms with van der Waals surface area (Å²) in [4.78, 5) is 23.5. The fourth-order valence-corrected chi connectivity index (χ4v) is 4.78. The molecule has 0 spiro atoms. The number of nitrogens with one attached hydrogen (secondary N) is 1. The Bertz CT molecular complexity index is 1140. The Morgan fingerprint density at radius 3 is 2.19 bits per heavy atom. The Morgan fingerprint density at radius 1 is 1.06 bits per heavy atom. The molecular weight excluding hydrogens is 424 g/mol. The molecule has 1 atom stereocenters. The molecule has 10 heteroatoms. The van der Waals surface area contributed by atoms with Crippen molar-refractivity contribution in [3.63, 3.8) is 0 Å². The lowest BCUT2D eigenvalue weighted by Gasteiger charge is -2.24. The number of fused-ring (bicyclic) bond motifs is 1. The van der Waals surface area contributed by atoms with Gasteiger partial charge in [0.25, 0.3) is 0 Å². The lowest BCUT2D eigenvalue weighted by Crippen LogP contribution is -2.37. The van der Waals surface area contributed by atoms with Gasteiger partial charge in [-0.2, -0.15) is 0 Å². The number of ether oxygens (including phenoxy) is 1. The Hall–Kier alpha value is -3.37. The van der Waals surface area contributed by atoms with Crippen molar-refractivity contribution in [2.75, 3.05) is 21.2 Å². The van der Waals surface area contributed by atoms with Gasteiger partial charge in [-0.15, -0.1) is 0 Å². The SMILES string of the molecule is COc1ccc2[nH]cc(CC(N(C)C)S(=O)(=O)c3ccccc3)c2c1.O=C(O)C(=O)O. The van der Waals surface area contributed by atoms with Crippen LogP contribution in [-0.4, -0.2) is 67.0 Å². The van der Waals surface area contributed by atoms with Crippen molar-refractivity contribution in [1.29, 1.82) is 0 Å². The van der Waals surface area contributed by atoms with Gasteiger partial charge in [0.1, 0.15) is 11.1 Å². The molecule has 3 N–H and O–H groups in total. The van der Waals surface area contributed by atoms with Gasteiger partial charge in [0.15, 0.2) is 9.84 Å². The summed E-state index contributed by atoms with van der Waals surface area (Å²) >= 11 is 0. The number of aromatic nitrogens is 1. The highest BCUT2D eigenvalue weighted by Gasteiger charge is 2.30. The Kier molecular flexibility index (Phi) is 7.78. The van der Waals surface area contributed by atoms with E-state index in [-0.39, 0.29) is 0 Å².